The topological polar surface area (TPSA) is 0 Å². The third-order valence-corrected chi connectivity index (χ3v) is 4.72. The first-order valence-corrected chi connectivity index (χ1v) is 10.00. The van der Waals surface area contributed by atoms with Crippen LogP contribution in [0, 0.1) is 11.8 Å². The molecule has 0 rings (SSSR count). The minimum Gasteiger partial charge on any atom is -0.103 e. The fraction of sp³-hybridized carbons (Fsp3) is 0.600. The number of hydrogen-bond donors (Lipinski definition) is 0. The molecule has 0 aliphatic rings. The Labute approximate surface area is 158 Å². The summed E-state index contributed by atoms with van der Waals surface area (Å²) in [4.78, 5) is 0. The first-order chi connectivity index (χ1) is 11.8. The van der Waals surface area contributed by atoms with Gasteiger partial charge in [0.05, 0.1) is 0 Å². The van der Waals surface area contributed by atoms with Crippen LogP contribution in [0.15, 0.2) is 59.3 Å². The van der Waals surface area contributed by atoms with E-state index >= 15 is 0 Å². The second-order valence-electron chi connectivity index (χ2n) is 8.06. The van der Waals surface area contributed by atoms with E-state index in [9.17, 15) is 0 Å². The molecule has 0 heteroatoms. The minimum atomic E-state index is 0.558. The van der Waals surface area contributed by atoms with Crippen LogP contribution < -0.4 is 0 Å². The zero-order valence-electron chi connectivity index (χ0n) is 18.0. The van der Waals surface area contributed by atoms with Gasteiger partial charge in [0.25, 0.3) is 0 Å². The van der Waals surface area contributed by atoms with E-state index in [0.717, 1.165) is 19.3 Å². The van der Waals surface area contributed by atoms with Gasteiger partial charge in [-0.1, -0.05) is 66.5 Å². The Morgan fingerprint density at radius 3 is 2.00 bits per heavy atom. The molecule has 0 radical (unpaired) electrons. The largest absolute Gasteiger partial charge is 0.103 e. The quantitative estimate of drug-likeness (QED) is 0.311. The van der Waals surface area contributed by atoms with Crippen molar-refractivity contribution in [2.45, 2.75) is 87.0 Å². The molecule has 25 heavy (non-hydrogen) atoms. The first kappa shape index (κ1) is 23.7. The smallest absolute Gasteiger partial charge is 0.0134 e. The molecule has 0 aromatic rings. The van der Waals surface area contributed by atoms with Crippen molar-refractivity contribution in [2.24, 2.45) is 11.8 Å². The molecule has 0 saturated carbocycles. The lowest BCUT2D eigenvalue weighted by Gasteiger charge is -2.16. The average Bonchev–Trinajstić information content (AvgIpc) is 2.53. The van der Waals surface area contributed by atoms with Crippen LogP contribution in [0.3, 0.4) is 0 Å². The highest BCUT2D eigenvalue weighted by molar-refractivity contribution is 5.15. The molecule has 2 unspecified atom stereocenters. The third-order valence-electron chi connectivity index (χ3n) is 4.72. The summed E-state index contributed by atoms with van der Waals surface area (Å²) in [5.74, 6) is 1.21. The van der Waals surface area contributed by atoms with Gasteiger partial charge in [-0.15, -0.1) is 6.58 Å². The van der Waals surface area contributed by atoms with E-state index in [1.54, 1.807) is 5.57 Å². The monoisotopic (exact) mass is 342 g/mol. The molecule has 0 amide bonds. The maximum absolute atomic E-state index is 3.92. The van der Waals surface area contributed by atoms with Crippen molar-refractivity contribution < 1.29 is 0 Å². The predicted octanol–water partition coefficient (Wildman–Crippen LogP) is 8.59. The fourth-order valence-corrected chi connectivity index (χ4v) is 2.71. The van der Waals surface area contributed by atoms with Crippen molar-refractivity contribution in [1.82, 2.24) is 0 Å². The molecule has 0 aliphatic heterocycles. The van der Waals surface area contributed by atoms with Crippen molar-refractivity contribution in [3.05, 3.63) is 59.3 Å². The van der Waals surface area contributed by atoms with Crippen LogP contribution in [0.25, 0.3) is 0 Å². The molecule has 0 saturated heterocycles. The van der Waals surface area contributed by atoms with E-state index < -0.39 is 0 Å². The molecule has 0 spiro atoms. The van der Waals surface area contributed by atoms with Gasteiger partial charge in [-0.3, -0.25) is 0 Å². The lowest BCUT2D eigenvalue weighted by molar-refractivity contribution is 0.600. The maximum atomic E-state index is 3.92. The van der Waals surface area contributed by atoms with Crippen molar-refractivity contribution in [3.8, 4) is 0 Å². The van der Waals surface area contributed by atoms with E-state index in [0.29, 0.717) is 11.8 Å². The molecular formula is C25H42. The molecule has 0 heterocycles. The number of hydrogen-bond acceptors (Lipinski definition) is 0. The minimum absolute atomic E-state index is 0.558. The van der Waals surface area contributed by atoms with Crippen LogP contribution in [0.4, 0.5) is 0 Å². The van der Waals surface area contributed by atoms with Gasteiger partial charge in [0.1, 0.15) is 0 Å². The van der Waals surface area contributed by atoms with Gasteiger partial charge in [-0.05, 0) is 85.0 Å². The van der Waals surface area contributed by atoms with Gasteiger partial charge in [0, 0.05) is 0 Å². The molecule has 0 nitrogen and oxygen atoms in total. The van der Waals surface area contributed by atoms with Crippen LogP contribution in [0.2, 0.25) is 0 Å². The highest BCUT2D eigenvalue weighted by Crippen LogP contribution is 2.24. The molecule has 142 valence electrons. The summed E-state index contributed by atoms with van der Waals surface area (Å²) in [6, 6.07) is 0. The summed E-state index contributed by atoms with van der Waals surface area (Å²) in [6.45, 7) is 19.5. The van der Waals surface area contributed by atoms with Gasteiger partial charge >= 0.3 is 0 Å². The third kappa shape index (κ3) is 13.6. The summed E-state index contributed by atoms with van der Waals surface area (Å²) >= 11 is 0. The van der Waals surface area contributed by atoms with Crippen LogP contribution in [-0.4, -0.2) is 0 Å². The van der Waals surface area contributed by atoms with Gasteiger partial charge in [0.2, 0.25) is 0 Å². The zero-order chi connectivity index (χ0) is 19.2. The lowest BCUT2D eigenvalue weighted by Crippen LogP contribution is -2.00. The fourth-order valence-electron chi connectivity index (χ4n) is 2.71. The summed E-state index contributed by atoms with van der Waals surface area (Å²) in [5.41, 5.74) is 5.95. The molecule has 0 fully saturated rings. The van der Waals surface area contributed by atoms with Gasteiger partial charge in [0.15, 0.2) is 0 Å². The number of rotatable bonds is 12. The normalized spacial score (nSPS) is 14.7. The summed E-state index contributed by atoms with van der Waals surface area (Å²) in [6.07, 6.45) is 18.6. The van der Waals surface area contributed by atoms with Crippen molar-refractivity contribution in [3.63, 3.8) is 0 Å². The molecule has 0 N–H and O–H groups in total. The second-order valence-corrected chi connectivity index (χ2v) is 8.06. The summed E-state index contributed by atoms with van der Waals surface area (Å²) in [5, 5.41) is 0. The number of allylic oxidation sites excluding steroid dienone is 9. The van der Waals surface area contributed by atoms with Crippen LogP contribution in [0.1, 0.15) is 87.0 Å². The molecule has 2 atom stereocenters. The Balaban J connectivity index is 4.85. The highest BCUT2D eigenvalue weighted by atomic mass is 14.1. The summed E-state index contributed by atoms with van der Waals surface area (Å²) < 4.78 is 0. The van der Waals surface area contributed by atoms with Crippen molar-refractivity contribution >= 4 is 0 Å². The highest BCUT2D eigenvalue weighted by Gasteiger charge is 2.08. The lowest BCUT2D eigenvalue weighted by atomic mass is 9.90. The van der Waals surface area contributed by atoms with E-state index in [-0.39, 0.29) is 0 Å². The Morgan fingerprint density at radius 2 is 1.44 bits per heavy atom. The van der Waals surface area contributed by atoms with Crippen LogP contribution >= 0.6 is 0 Å². The molecule has 0 aromatic carbocycles. The summed E-state index contributed by atoms with van der Waals surface area (Å²) in [7, 11) is 0. The Morgan fingerprint density at radius 1 is 0.840 bits per heavy atom. The SMILES string of the molecule is C=CC(C)C/C=C(\C/C=C(\C)CCC=C(C)C)C(C)CCC=C(C)C. The van der Waals surface area contributed by atoms with Gasteiger partial charge < -0.3 is 0 Å². The molecule has 0 bridgehead atoms. The zero-order valence-corrected chi connectivity index (χ0v) is 18.0. The van der Waals surface area contributed by atoms with Gasteiger partial charge in [-0.25, -0.2) is 0 Å². The second kappa shape index (κ2) is 13.9. The van der Waals surface area contributed by atoms with E-state index in [1.165, 1.54) is 36.0 Å². The molecule has 0 aliphatic carbocycles. The Bertz CT molecular complexity index is 488. The maximum Gasteiger partial charge on any atom is -0.0134 e. The molecular weight excluding hydrogens is 300 g/mol. The predicted molar refractivity (Wildman–Crippen MR) is 117 cm³/mol. The van der Waals surface area contributed by atoms with Crippen LogP contribution in [-0.2, 0) is 0 Å². The first-order valence-electron chi connectivity index (χ1n) is 10.00. The average molecular weight is 343 g/mol. The van der Waals surface area contributed by atoms with Gasteiger partial charge in [-0.2, -0.15) is 0 Å². The van der Waals surface area contributed by atoms with Crippen LogP contribution in [0.5, 0.6) is 0 Å². The Kier molecular flexibility index (Phi) is 13.2. The Hall–Kier alpha value is -1.30. The van der Waals surface area contributed by atoms with E-state index in [4.69, 9.17) is 0 Å². The van der Waals surface area contributed by atoms with Crippen molar-refractivity contribution in [2.75, 3.05) is 0 Å². The van der Waals surface area contributed by atoms with E-state index in [1.807, 2.05) is 0 Å². The standard InChI is InChI=1S/C25H42/c1-9-22(6)16-18-25(24(8)15-11-13-21(4)5)19-17-23(7)14-10-12-20(2)3/h9,12-13,17-18,22,24H,1,10-11,14-16,19H2,2-8H3/b23-17+,25-18+. The van der Waals surface area contributed by atoms with E-state index in [2.05, 4.69) is 85.4 Å². The molecule has 0 aromatic heterocycles. The van der Waals surface area contributed by atoms with Crippen molar-refractivity contribution in [1.29, 1.82) is 0 Å².